The van der Waals surface area contributed by atoms with Gasteiger partial charge in [-0.05, 0) is 109 Å². The van der Waals surface area contributed by atoms with E-state index in [1.807, 2.05) is 11.8 Å². The Morgan fingerprint density at radius 3 is 1.57 bits per heavy atom. The van der Waals surface area contributed by atoms with E-state index in [0.717, 1.165) is 17.1 Å². The Bertz CT molecular complexity index is 3390. The number of fused-ring (bicyclic) bond motifs is 3. The van der Waals surface area contributed by atoms with Crippen LogP contribution in [-0.2, 0) is 0 Å². The SMILES string of the molecule is CC(C)Sc1ccc(N(c2ccccc2-c2ccccc2)c2ccc3ccc4c(N(c5ccc([Si](C)(C)C)cc5)c5cccc6c5[Si](C)(C)c5ccccc5-6)ccc5ccc2c3c54)cc1. The van der Waals surface area contributed by atoms with Crippen molar-refractivity contribution in [2.45, 2.75) is 56.7 Å². The van der Waals surface area contributed by atoms with Crippen molar-refractivity contribution in [3.05, 3.63) is 194 Å². The molecule has 0 radical (unpaired) electrons. The highest BCUT2D eigenvalue weighted by molar-refractivity contribution is 7.99. The molecule has 0 unspecified atom stereocenters. The van der Waals surface area contributed by atoms with Crippen LogP contribution in [0.25, 0.3) is 54.6 Å². The summed E-state index contributed by atoms with van der Waals surface area (Å²) in [5, 5.41) is 12.6. The first-order valence-corrected chi connectivity index (χ1v) is 30.4. The lowest BCUT2D eigenvalue weighted by Gasteiger charge is -2.33. The van der Waals surface area contributed by atoms with Crippen LogP contribution in [0.1, 0.15) is 13.8 Å². The van der Waals surface area contributed by atoms with Gasteiger partial charge in [0.1, 0.15) is 8.07 Å². The van der Waals surface area contributed by atoms with E-state index in [0.29, 0.717) is 5.25 Å². The lowest BCUT2D eigenvalue weighted by Crippen LogP contribution is -2.50. The van der Waals surface area contributed by atoms with Crippen molar-refractivity contribution in [2.75, 3.05) is 9.80 Å². The molecule has 0 N–H and O–H groups in total. The second kappa shape index (κ2) is 16.0. The summed E-state index contributed by atoms with van der Waals surface area (Å²) in [6.45, 7) is 16.9. The molecule has 10 aromatic rings. The van der Waals surface area contributed by atoms with Gasteiger partial charge < -0.3 is 9.80 Å². The molecule has 0 atom stereocenters. The second-order valence-corrected chi connectivity index (χ2v) is 30.5. The number of hydrogen-bond donors (Lipinski definition) is 0. The lowest BCUT2D eigenvalue weighted by atomic mass is 9.91. The molecule has 1 aliphatic rings. The van der Waals surface area contributed by atoms with Crippen LogP contribution in [0.15, 0.2) is 199 Å². The molecule has 10 aromatic carbocycles. The van der Waals surface area contributed by atoms with Gasteiger partial charge in [-0.25, -0.2) is 0 Å². The third-order valence-electron chi connectivity index (χ3n) is 13.6. The predicted molar refractivity (Wildman–Crippen MR) is 291 cm³/mol. The fourth-order valence-electron chi connectivity index (χ4n) is 10.6. The van der Waals surface area contributed by atoms with Crippen molar-refractivity contribution in [3.63, 3.8) is 0 Å². The van der Waals surface area contributed by atoms with Gasteiger partial charge in [-0.3, -0.25) is 0 Å². The van der Waals surface area contributed by atoms with Crippen LogP contribution >= 0.6 is 11.8 Å². The minimum absolute atomic E-state index is 0.506. The van der Waals surface area contributed by atoms with Gasteiger partial charge in [0.05, 0.1) is 25.1 Å². The molecule has 0 spiro atoms. The minimum Gasteiger partial charge on any atom is -0.310 e. The van der Waals surface area contributed by atoms with Crippen molar-refractivity contribution in [2.24, 2.45) is 0 Å². The number of nitrogens with zero attached hydrogens (tertiary/aromatic N) is 2. The highest BCUT2D eigenvalue weighted by atomic mass is 32.2. The maximum Gasteiger partial charge on any atom is 0.116 e. The Balaban J connectivity index is 1.16. The summed E-state index contributed by atoms with van der Waals surface area (Å²) in [6.07, 6.45) is 0. The third-order valence-corrected chi connectivity index (χ3v) is 20.2. The number of thioether (sulfide) groups is 1. The van der Waals surface area contributed by atoms with Gasteiger partial charge in [0.2, 0.25) is 0 Å². The van der Waals surface area contributed by atoms with E-state index in [2.05, 4.69) is 251 Å². The van der Waals surface area contributed by atoms with E-state index in [-0.39, 0.29) is 0 Å². The third kappa shape index (κ3) is 7.00. The largest absolute Gasteiger partial charge is 0.310 e. The molecule has 5 heteroatoms. The second-order valence-electron chi connectivity index (χ2n) is 19.5. The zero-order chi connectivity index (χ0) is 44.6. The molecule has 2 nitrogen and oxygen atoms in total. The lowest BCUT2D eigenvalue weighted by molar-refractivity contribution is 1.11. The smallest absolute Gasteiger partial charge is 0.116 e. The fourth-order valence-corrected chi connectivity index (χ4v) is 16.0. The minimum atomic E-state index is -2.09. The first-order chi connectivity index (χ1) is 31.5. The van der Waals surface area contributed by atoms with E-state index in [9.17, 15) is 0 Å². The van der Waals surface area contributed by atoms with E-state index >= 15 is 0 Å². The van der Waals surface area contributed by atoms with Crippen molar-refractivity contribution >= 4 is 110 Å². The number of hydrogen-bond acceptors (Lipinski definition) is 3. The molecule has 0 amide bonds. The number of rotatable bonds is 10. The topological polar surface area (TPSA) is 6.48 Å². The molecule has 1 heterocycles. The first-order valence-electron chi connectivity index (χ1n) is 23.0. The van der Waals surface area contributed by atoms with Crippen LogP contribution in [0.5, 0.6) is 0 Å². The summed E-state index contributed by atoms with van der Waals surface area (Å²) in [7, 11) is -3.63. The summed E-state index contributed by atoms with van der Waals surface area (Å²) in [4.78, 5) is 6.36. The molecule has 0 bridgehead atoms. The molecule has 1 aliphatic heterocycles. The van der Waals surface area contributed by atoms with Crippen LogP contribution in [0.2, 0.25) is 32.7 Å². The molecule has 11 rings (SSSR count). The van der Waals surface area contributed by atoms with Crippen molar-refractivity contribution in [1.82, 2.24) is 0 Å². The van der Waals surface area contributed by atoms with Crippen LogP contribution < -0.4 is 25.4 Å². The van der Waals surface area contributed by atoms with Gasteiger partial charge in [-0.1, -0.05) is 185 Å². The highest BCUT2D eigenvalue weighted by Crippen LogP contribution is 2.49. The standard InChI is InChI=1S/C60H54N2SSi2/c1-40(2)63-46-32-28-44(29-33-46)61(53-21-13-11-18-48(53)41-16-9-8-10-17-41)54-38-26-42-25-37-52-55(39-27-43-24-36-51(54)58(42)59(43)52)62(45-30-34-47(35-31-45)64(3,4)5)56-22-15-20-50-49-19-12-14-23-57(49)65(6,7)60(50)56/h8-40H,1-7H3. The van der Waals surface area contributed by atoms with Crippen molar-refractivity contribution in [1.29, 1.82) is 0 Å². The Hall–Kier alpha value is -6.38. The highest BCUT2D eigenvalue weighted by Gasteiger charge is 2.40. The molecule has 0 fully saturated rings. The van der Waals surface area contributed by atoms with E-state index in [1.165, 1.54) is 92.1 Å². The Kier molecular flexibility index (Phi) is 10.1. The Morgan fingerprint density at radius 1 is 0.446 bits per heavy atom. The maximum absolute atomic E-state index is 2.60. The van der Waals surface area contributed by atoms with Crippen LogP contribution in [-0.4, -0.2) is 21.4 Å². The molecule has 318 valence electrons. The molecule has 0 aromatic heterocycles. The molecule has 0 aliphatic carbocycles. The Morgan fingerprint density at radius 2 is 0.954 bits per heavy atom. The average Bonchev–Trinajstić information content (AvgIpc) is 3.56. The molecular formula is C60H54N2SSi2. The van der Waals surface area contributed by atoms with Crippen LogP contribution in [0.4, 0.5) is 34.1 Å². The summed E-state index contributed by atoms with van der Waals surface area (Å²) >= 11 is 1.90. The normalized spacial score (nSPS) is 13.2. The summed E-state index contributed by atoms with van der Waals surface area (Å²) in [6, 6.07) is 73.5. The maximum atomic E-state index is 2.60. The van der Waals surface area contributed by atoms with Crippen molar-refractivity contribution < 1.29 is 0 Å². The van der Waals surface area contributed by atoms with Gasteiger partial charge in [0.15, 0.2) is 0 Å². The van der Waals surface area contributed by atoms with Crippen LogP contribution in [0, 0.1) is 0 Å². The number of para-hydroxylation sites is 1. The van der Waals surface area contributed by atoms with Gasteiger partial charge >= 0.3 is 0 Å². The summed E-state index contributed by atoms with van der Waals surface area (Å²) in [5.41, 5.74) is 12.3. The van der Waals surface area contributed by atoms with Gasteiger partial charge in [0, 0.05) is 43.5 Å². The zero-order valence-electron chi connectivity index (χ0n) is 38.4. The predicted octanol–water partition coefficient (Wildman–Crippen LogP) is 16.0. The monoisotopic (exact) mass is 890 g/mol. The van der Waals surface area contributed by atoms with Gasteiger partial charge in [-0.15, -0.1) is 11.8 Å². The number of anilines is 6. The summed E-state index contributed by atoms with van der Waals surface area (Å²) in [5.74, 6) is 0. The van der Waals surface area contributed by atoms with E-state index in [1.54, 1.807) is 0 Å². The molecule has 0 saturated carbocycles. The fraction of sp³-hybridized carbons (Fsp3) is 0.133. The Labute approximate surface area is 390 Å². The number of benzene rings is 10. The van der Waals surface area contributed by atoms with Crippen molar-refractivity contribution in [3.8, 4) is 22.3 Å². The van der Waals surface area contributed by atoms with Gasteiger partial charge in [-0.2, -0.15) is 0 Å². The molecular weight excluding hydrogens is 837 g/mol. The first kappa shape index (κ1) is 41.3. The zero-order valence-corrected chi connectivity index (χ0v) is 41.2. The van der Waals surface area contributed by atoms with Crippen LogP contribution in [0.3, 0.4) is 0 Å². The summed E-state index contributed by atoms with van der Waals surface area (Å²) < 4.78 is 0. The van der Waals surface area contributed by atoms with E-state index < -0.39 is 16.1 Å². The average molecular weight is 891 g/mol. The molecule has 65 heavy (non-hydrogen) atoms. The van der Waals surface area contributed by atoms with Gasteiger partial charge in [0.25, 0.3) is 0 Å². The quantitative estimate of drug-likeness (QED) is 0.0767. The molecule has 0 saturated heterocycles. The van der Waals surface area contributed by atoms with E-state index in [4.69, 9.17) is 0 Å².